The van der Waals surface area contributed by atoms with Crippen molar-refractivity contribution in [2.45, 2.75) is 78.3 Å². The minimum atomic E-state index is 0.227. The fraction of sp³-hybridized carbons (Fsp3) is 1.00. The van der Waals surface area contributed by atoms with E-state index in [1.165, 1.54) is 32.2 Å². The van der Waals surface area contributed by atoms with Gasteiger partial charge >= 0.3 is 0 Å². The van der Waals surface area contributed by atoms with Crippen LogP contribution in [-0.4, -0.2) is 24.2 Å². The first-order valence-corrected chi connectivity index (χ1v) is 7.18. The molecule has 1 saturated heterocycles. The zero-order chi connectivity index (χ0) is 13.2. The minimum Gasteiger partial charge on any atom is -0.310 e. The molecule has 0 aromatic heterocycles. The number of hydrogen-bond acceptors (Lipinski definition) is 2. The van der Waals surface area contributed by atoms with Crippen LogP contribution in [0.25, 0.3) is 0 Å². The van der Waals surface area contributed by atoms with Crippen molar-refractivity contribution in [3.63, 3.8) is 0 Å². The molecule has 0 bridgehead atoms. The molecule has 1 aliphatic heterocycles. The Labute approximate surface area is 108 Å². The molecule has 0 saturated carbocycles. The lowest BCUT2D eigenvalue weighted by Gasteiger charge is -2.38. The van der Waals surface area contributed by atoms with Crippen LogP contribution in [0.15, 0.2) is 0 Å². The first-order chi connectivity index (χ1) is 7.68. The fourth-order valence-electron chi connectivity index (χ4n) is 3.24. The number of hydrogen-bond donors (Lipinski definition) is 2. The molecule has 0 amide bonds. The molecule has 1 heterocycles. The second-order valence-electron chi connectivity index (χ2n) is 7.64. The van der Waals surface area contributed by atoms with Gasteiger partial charge in [-0.1, -0.05) is 27.7 Å². The van der Waals surface area contributed by atoms with Crippen molar-refractivity contribution in [3.05, 3.63) is 0 Å². The maximum atomic E-state index is 3.79. The maximum absolute atomic E-state index is 3.79. The maximum Gasteiger partial charge on any atom is 0.0304 e. The van der Waals surface area contributed by atoms with Crippen molar-refractivity contribution >= 4 is 0 Å². The van der Waals surface area contributed by atoms with Gasteiger partial charge in [0.1, 0.15) is 0 Å². The van der Waals surface area contributed by atoms with Gasteiger partial charge in [-0.05, 0) is 51.5 Å². The number of rotatable bonds is 5. The molecule has 1 aliphatic rings. The number of nitrogens with one attached hydrogen (secondary N) is 2. The third-order valence-corrected chi connectivity index (χ3v) is 3.89. The van der Waals surface area contributed by atoms with Crippen molar-refractivity contribution in [1.82, 2.24) is 10.6 Å². The Bertz CT molecular complexity index is 232. The first kappa shape index (κ1) is 15.0. The monoisotopic (exact) mass is 240 g/mol. The molecule has 1 fully saturated rings. The van der Waals surface area contributed by atoms with E-state index in [2.05, 4.69) is 52.2 Å². The lowest BCUT2D eigenvalue weighted by Crippen LogP contribution is -2.54. The van der Waals surface area contributed by atoms with E-state index in [0.717, 1.165) is 6.54 Å². The summed E-state index contributed by atoms with van der Waals surface area (Å²) in [6, 6.07) is 0. The van der Waals surface area contributed by atoms with E-state index in [4.69, 9.17) is 0 Å². The highest BCUT2D eigenvalue weighted by Gasteiger charge is 2.34. The van der Waals surface area contributed by atoms with Gasteiger partial charge in [-0.25, -0.2) is 0 Å². The van der Waals surface area contributed by atoms with E-state index in [-0.39, 0.29) is 5.54 Å². The normalized spacial score (nSPS) is 26.5. The van der Waals surface area contributed by atoms with Crippen LogP contribution >= 0.6 is 0 Å². The summed E-state index contributed by atoms with van der Waals surface area (Å²) in [6.45, 7) is 16.2. The summed E-state index contributed by atoms with van der Waals surface area (Å²) in [5, 5.41) is 7.48. The predicted molar refractivity (Wildman–Crippen MR) is 76.4 cm³/mol. The summed E-state index contributed by atoms with van der Waals surface area (Å²) in [4.78, 5) is 0. The average Bonchev–Trinajstić information content (AvgIpc) is 2.60. The van der Waals surface area contributed by atoms with Gasteiger partial charge in [0.15, 0.2) is 0 Å². The molecule has 1 unspecified atom stereocenters. The zero-order valence-corrected chi connectivity index (χ0v) is 12.7. The molecule has 17 heavy (non-hydrogen) atoms. The SMILES string of the molecule is CCC1(CNC(C)(C)CC(C)(C)C)CCCN1. The zero-order valence-electron chi connectivity index (χ0n) is 12.7. The highest BCUT2D eigenvalue weighted by atomic mass is 15.1. The van der Waals surface area contributed by atoms with Crippen LogP contribution in [0.5, 0.6) is 0 Å². The summed E-state index contributed by atoms with van der Waals surface area (Å²) in [7, 11) is 0. The average molecular weight is 240 g/mol. The smallest absolute Gasteiger partial charge is 0.0304 e. The Morgan fingerprint density at radius 1 is 1.18 bits per heavy atom. The molecule has 2 N–H and O–H groups in total. The highest BCUT2D eigenvalue weighted by Crippen LogP contribution is 2.28. The molecule has 102 valence electrons. The quantitative estimate of drug-likeness (QED) is 0.770. The van der Waals surface area contributed by atoms with Crippen molar-refractivity contribution in [1.29, 1.82) is 0 Å². The van der Waals surface area contributed by atoms with Gasteiger partial charge in [-0.2, -0.15) is 0 Å². The second-order valence-corrected chi connectivity index (χ2v) is 7.64. The molecule has 0 radical (unpaired) electrons. The molecule has 1 rings (SSSR count). The van der Waals surface area contributed by atoms with E-state index in [1.807, 2.05) is 0 Å². The second kappa shape index (κ2) is 5.27. The summed E-state index contributed by atoms with van der Waals surface area (Å²) in [5.74, 6) is 0. The lowest BCUT2D eigenvalue weighted by molar-refractivity contribution is 0.215. The topological polar surface area (TPSA) is 24.1 Å². The third kappa shape index (κ3) is 4.97. The standard InChI is InChI=1S/C15H32N2/c1-7-15(9-8-10-16-15)12-17-14(5,6)11-13(2,3)4/h16-17H,7-12H2,1-6H3. The molecular weight excluding hydrogens is 208 g/mol. The predicted octanol–water partition coefficient (Wildman–Crippen LogP) is 3.32. The summed E-state index contributed by atoms with van der Waals surface area (Å²) in [6.07, 6.45) is 5.09. The van der Waals surface area contributed by atoms with Crippen molar-refractivity contribution in [3.8, 4) is 0 Å². The van der Waals surface area contributed by atoms with Crippen LogP contribution in [0.4, 0.5) is 0 Å². The van der Waals surface area contributed by atoms with Crippen molar-refractivity contribution < 1.29 is 0 Å². The van der Waals surface area contributed by atoms with Gasteiger partial charge in [-0.3, -0.25) is 0 Å². The molecule has 2 nitrogen and oxygen atoms in total. The van der Waals surface area contributed by atoms with E-state index >= 15 is 0 Å². The van der Waals surface area contributed by atoms with Gasteiger partial charge in [0, 0.05) is 17.6 Å². The summed E-state index contributed by atoms with van der Waals surface area (Å²) < 4.78 is 0. The summed E-state index contributed by atoms with van der Waals surface area (Å²) >= 11 is 0. The van der Waals surface area contributed by atoms with Crippen LogP contribution in [-0.2, 0) is 0 Å². The van der Waals surface area contributed by atoms with Crippen molar-refractivity contribution in [2.24, 2.45) is 5.41 Å². The van der Waals surface area contributed by atoms with Crippen molar-refractivity contribution in [2.75, 3.05) is 13.1 Å². The Hall–Kier alpha value is -0.0800. The van der Waals surface area contributed by atoms with Gasteiger partial charge in [-0.15, -0.1) is 0 Å². The van der Waals surface area contributed by atoms with Crippen LogP contribution in [0, 0.1) is 5.41 Å². The Morgan fingerprint density at radius 2 is 1.82 bits per heavy atom. The molecule has 0 spiro atoms. The van der Waals surface area contributed by atoms with E-state index in [1.54, 1.807) is 0 Å². The van der Waals surface area contributed by atoms with Crippen LogP contribution in [0.1, 0.15) is 67.2 Å². The van der Waals surface area contributed by atoms with Gasteiger partial charge < -0.3 is 10.6 Å². The van der Waals surface area contributed by atoms with Gasteiger partial charge in [0.2, 0.25) is 0 Å². The molecule has 0 aliphatic carbocycles. The molecule has 2 heteroatoms. The summed E-state index contributed by atoms with van der Waals surface area (Å²) in [5.41, 5.74) is 0.971. The first-order valence-electron chi connectivity index (χ1n) is 7.18. The van der Waals surface area contributed by atoms with Gasteiger partial charge in [0.05, 0.1) is 0 Å². The highest BCUT2D eigenvalue weighted by molar-refractivity contribution is 4.96. The van der Waals surface area contributed by atoms with E-state index in [9.17, 15) is 0 Å². The molecule has 1 atom stereocenters. The van der Waals surface area contributed by atoms with Crippen LogP contribution in [0.2, 0.25) is 0 Å². The van der Waals surface area contributed by atoms with Crippen LogP contribution < -0.4 is 10.6 Å². The third-order valence-electron chi connectivity index (χ3n) is 3.89. The molecule has 0 aromatic rings. The Morgan fingerprint density at radius 3 is 2.24 bits per heavy atom. The minimum absolute atomic E-state index is 0.227. The lowest BCUT2D eigenvalue weighted by atomic mass is 9.81. The molecule has 0 aromatic carbocycles. The van der Waals surface area contributed by atoms with Crippen LogP contribution in [0.3, 0.4) is 0 Å². The van der Waals surface area contributed by atoms with Gasteiger partial charge in [0.25, 0.3) is 0 Å². The Balaban J connectivity index is 2.48. The fourth-order valence-corrected chi connectivity index (χ4v) is 3.24. The largest absolute Gasteiger partial charge is 0.310 e. The Kier molecular flexibility index (Phi) is 4.65. The van der Waals surface area contributed by atoms with E-state index < -0.39 is 0 Å². The molecular formula is C15H32N2. The van der Waals surface area contributed by atoms with E-state index in [0.29, 0.717) is 11.0 Å².